The third kappa shape index (κ3) is 4.97. The minimum Gasteiger partial charge on any atom is -0.378 e. The van der Waals surface area contributed by atoms with Crippen LogP contribution < -0.4 is 5.32 Å². The maximum atomic E-state index is 5.68. The van der Waals surface area contributed by atoms with Gasteiger partial charge in [-0.05, 0) is 52.0 Å². The first-order valence-electron chi connectivity index (χ1n) is 6.18. The molecule has 1 heterocycles. The fraction of sp³-hybridized carbons (Fsp3) is 1.00. The molecule has 1 fully saturated rings. The first kappa shape index (κ1) is 12.0. The van der Waals surface area contributed by atoms with Gasteiger partial charge in [-0.1, -0.05) is 6.92 Å². The monoisotopic (exact) mass is 199 g/mol. The maximum absolute atomic E-state index is 5.68. The zero-order valence-corrected chi connectivity index (χ0v) is 9.72. The second-order valence-electron chi connectivity index (χ2n) is 4.39. The van der Waals surface area contributed by atoms with Gasteiger partial charge >= 0.3 is 0 Å². The lowest BCUT2D eigenvalue weighted by Crippen LogP contribution is -2.27. The van der Waals surface area contributed by atoms with Crippen molar-refractivity contribution in [2.75, 3.05) is 13.2 Å². The van der Waals surface area contributed by atoms with Crippen molar-refractivity contribution in [2.24, 2.45) is 0 Å². The zero-order chi connectivity index (χ0) is 10.2. The largest absolute Gasteiger partial charge is 0.378 e. The van der Waals surface area contributed by atoms with Crippen LogP contribution in [-0.4, -0.2) is 25.3 Å². The maximum Gasteiger partial charge on any atom is 0.0575 e. The molecule has 1 aliphatic heterocycles. The minimum atomic E-state index is 0.558. The van der Waals surface area contributed by atoms with Crippen LogP contribution in [0.1, 0.15) is 52.4 Å². The summed E-state index contributed by atoms with van der Waals surface area (Å²) < 4.78 is 5.68. The quantitative estimate of drug-likeness (QED) is 0.664. The summed E-state index contributed by atoms with van der Waals surface area (Å²) in [5.41, 5.74) is 0. The highest BCUT2D eigenvalue weighted by Crippen LogP contribution is 2.16. The Morgan fingerprint density at radius 3 is 2.93 bits per heavy atom. The van der Waals surface area contributed by atoms with Crippen molar-refractivity contribution >= 4 is 0 Å². The van der Waals surface area contributed by atoms with Gasteiger partial charge in [-0.3, -0.25) is 0 Å². The minimum absolute atomic E-state index is 0.558. The van der Waals surface area contributed by atoms with Gasteiger partial charge in [-0.2, -0.15) is 0 Å². The Morgan fingerprint density at radius 2 is 2.29 bits per heavy atom. The second-order valence-corrected chi connectivity index (χ2v) is 4.39. The number of hydrogen-bond donors (Lipinski definition) is 1. The molecule has 1 aliphatic rings. The zero-order valence-electron chi connectivity index (χ0n) is 9.72. The summed E-state index contributed by atoms with van der Waals surface area (Å²) in [4.78, 5) is 0. The smallest absolute Gasteiger partial charge is 0.0575 e. The molecule has 0 aromatic carbocycles. The SMILES string of the molecule is CCC(C)NCCCC1CCCCO1. The van der Waals surface area contributed by atoms with E-state index in [4.69, 9.17) is 4.74 Å². The highest BCUT2D eigenvalue weighted by molar-refractivity contribution is 4.65. The van der Waals surface area contributed by atoms with E-state index in [0.717, 1.165) is 13.2 Å². The Balaban J connectivity index is 1.92. The van der Waals surface area contributed by atoms with Crippen molar-refractivity contribution in [3.05, 3.63) is 0 Å². The second kappa shape index (κ2) is 7.24. The standard InChI is InChI=1S/C12H25NO/c1-3-11(2)13-9-6-8-12-7-4-5-10-14-12/h11-13H,3-10H2,1-2H3. The fourth-order valence-corrected chi connectivity index (χ4v) is 1.86. The predicted molar refractivity (Wildman–Crippen MR) is 60.6 cm³/mol. The molecule has 0 amide bonds. The molecule has 2 nitrogen and oxygen atoms in total. The Bertz CT molecular complexity index is 132. The Hall–Kier alpha value is -0.0800. The van der Waals surface area contributed by atoms with Gasteiger partial charge in [-0.25, -0.2) is 0 Å². The van der Waals surface area contributed by atoms with E-state index in [0.29, 0.717) is 12.1 Å². The van der Waals surface area contributed by atoms with Crippen molar-refractivity contribution in [3.8, 4) is 0 Å². The van der Waals surface area contributed by atoms with Crippen molar-refractivity contribution in [1.29, 1.82) is 0 Å². The van der Waals surface area contributed by atoms with Gasteiger partial charge in [0.15, 0.2) is 0 Å². The van der Waals surface area contributed by atoms with Crippen molar-refractivity contribution in [3.63, 3.8) is 0 Å². The van der Waals surface area contributed by atoms with Crippen LogP contribution in [-0.2, 0) is 4.74 Å². The topological polar surface area (TPSA) is 21.3 Å². The van der Waals surface area contributed by atoms with E-state index >= 15 is 0 Å². The number of ether oxygens (including phenoxy) is 1. The molecule has 2 atom stereocenters. The third-order valence-corrected chi connectivity index (χ3v) is 3.08. The molecule has 2 heteroatoms. The summed E-state index contributed by atoms with van der Waals surface area (Å²) in [6.45, 7) is 6.61. The van der Waals surface area contributed by atoms with Gasteiger partial charge in [0, 0.05) is 12.6 Å². The first-order chi connectivity index (χ1) is 6.83. The molecule has 0 bridgehead atoms. The summed E-state index contributed by atoms with van der Waals surface area (Å²) in [5.74, 6) is 0. The Kier molecular flexibility index (Phi) is 6.20. The molecule has 1 saturated heterocycles. The van der Waals surface area contributed by atoms with Crippen LogP contribution in [0.4, 0.5) is 0 Å². The molecule has 1 rings (SSSR count). The Labute approximate surface area is 88.4 Å². The van der Waals surface area contributed by atoms with Crippen LogP contribution >= 0.6 is 0 Å². The van der Waals surface area contributed by atoms with Gasteiger partial charge in [0.25, 0.3) is 0 Å². The molecule has 0 radical (unpaired) electrons. The van der Waals surface area contributed by atoms with E-state index < -0.39 is 0 Å². The molecule has 0 spiro atoms. The molecule has 0 aliphatic carbocycles. The lowest BCUT2D eigenvalue weighted by atomic mass is 10.0. The summed E-state index contributed by atoms with van der Waals surface area (Å²) >= 11 is 0. The molecule has 2 unspecified atom stereocenters. The summed E-state index contributed by atoms with van der Waals surface area (Å²) in [7, 11) is 0. The summed E-state index contributed by atoms with van der Waals surface area (Å²) in [6.07, 6.45) is 8.19. The van der Waals surface area contributed by atoms with E-state index in [1.54, 1.807) is 0 Å². The number of hydrogen-bond acceptors (Lipinski definition) is 2. The summed E-state index contributed by atoms with van der Waals surface area (Å²) in [5, 5.41) is 3.52. The first-order valence-corrected chi connectivity index (χ1v) is 6.18. The lowest BCUT2D eigenvalue weighted by Gasteiger charge is -2.22. The molecule has 1 N–H and O–H groups in total. The van der Waals surface area contributed by atoms with Gasteiger partial charge in [-0.15, -0.1) is 0 Å². The average molecular weight is 199 g/mol. The number of nitrogens with one attached hydrogen (secondary N) is 1. The van der Waals surface area contributed by atoms with E-state index in [-0.39, 0.29) is 0 Å². The molecule has 14 heavy (non-hydrogen) atoms. The highest BCUT2D eigenvalue weighted by atomic mass is 16.5. The van der Waals surface area contributed by atoms with Crippen LogP contribution in [0.25, 0.3) is 0 Å². The fourth-order valence-electron chi connectivity index (χ4n) is 1.86. The normalized spacial score (nSPS) is 24.9. The molecular weight excluding hydrogens is 174 g/mol. The molecular formula is C12H25NO. The molecule has 0 aromatic heterocycles. The van der Waals surface area contributed by atoms with Crippen LogP contribution in [0.3, 0.4) is 0 Å². The van der Waals surface area contributed by atoms with E-state index in [2.05, 4.69) is 19.2 Å². The molecule has 0 aromatic rings. The van der Waals surface area contributed by atoms with Gasteiger partial charge in [0.05, 0.1) is 6.10 Å². The van der Waals surface area contributed by atoms with Gasteiger partial charge in [0.2, 0.25) is 0 Å². The lowest BCUT2D eigenvalue weighted by molar-refractivity contribution is 0.0101. The molecule has 84 valence electrons. The average Bonchev–Trinajstić information content (AvgIpc) is 2.25. The highest BCUT2D eigenvalue weighted by Gasteiger charge is 2.12. The van der Waals surface area contributed by atoms with Gasteiger partial charge < -0.3 is 10.1 Å². The van der Waals surface area contributed by atoms with E-state index in [1.165, 1.54) is 38.5 Å². The third-order valence-electron chi connectivity index (χ3n) is 3.08. The van der Waals surface area contributed by atoms with Crippen LogP contribution in [0.15, 0.2) is 0 Å². The van der Waals surface area contributed by atoms with Crippen LogP contribution in [0.5, 0.6) is 0 Å². The van der Waals surface area contributed by atoms with Crippen molar-refractivity contribution in [2.45, 2.75) is 64.5 Å². The van der Waals surface area contributed by atoms with Crippen molar-refractivity contribution < 1.29 is 4.74 Å². The van der Waals surface area contributed by atoms with Crippen molar-refractivity contribution in [1.82, 2.24) is 5.32 Å². The van der Waals surface area contributed by atoms with E-state index in [9.17, 15) is 0 Å². The van der Waals surface area contributed by atoms with Crippen LogP contribution in [0, 0.1) is 0 Å². The summed E-state index contributed by atoms with van der Waals surface area (Å²) in [6, 6.07) is 0.669. The van der Waals surface area contributed by atoms with Gasteiger partial charge in [0.1, 0.15) is 0 Å². The Morgan fingerprint density at radius 1 is 1.43 bits per heavy atom. The predicted octanol–water partition coefficient (Wildman–Crippen LogP) is 2.72. The van der Waals surface area contributed by atoms with Crippen LogP contribution in [0.2, 0.25) is 0 Å². The number of rotatable bonds is 6. The molecule has 0 saturated carbocycles. The van der Waals surface area contributed by atoms with E-state index in [1.807, 2.05) is 0 Å².